The minimum atomic E-state index is -0.314. The lowest BCUT2D eigenvalue weighted by Crippen LogP contribution is -2.28. The van der Waals surface area contributed by atoms with Crippen molar-refractivity contribution in [2.75, 3.05) is 5.32 Å². The Kier molecular flexibility index (Phi) is 3.32. The van der Waals surface area contributed by atoms with Crippen molar-refractivity contribution < 1.29 is 4.79 Å². The third kappa shape index (κ3) is 2.58. The molecule has 0 aromatic heterocycles. The molecule has 2 heteroatoms. The predicted octanol–water partition coefficient (Wildman–Crippen LogP) is 4.28. The Morgan fingerprint density at radius 1 is 0.952 bits per heavy atom. The van der Waals surface area contributed by atoms with Gasteiger partial charge in [-0.2, -0.15) is 0 Å². The largest absolute Gasteiger partial charge is 0.325 e. The molecule has 1 amide bonds. The molecule has 2 nitrogen and oxygen atoms in total. The molecule has 108 valence electrons. The fourth-order valence-corrected chi connectivity index (χ4v) is 2.84. The first kappa shape index (κ1) is 13.9. The average molecular weight is 279 g/mol. The summed E-state index contributed by atoms with van der Waals surface area (Å²) in [5, 5.41) is 3.11. The summed E-state index contributed by atoms with van der Waals surface area (Å²) in [4.78, 5) is 12.7. The van der Waals surface area contributed by atoms with Gasteiger partial charge < -0.3 is 5.32 Å². The molecule has 1 aliphatic carbocycles. The second-order valence-corrected chi connectivity index (χ2v) is 6.22. The molecule has 0 spiro atoms. The smallest absolute Gasteiger partial charge is 0.235 e. The quantitative estimate of drug-likeness (QED) is 0.892. The number of rotatable bonds is 3. The molecule has 3 rings (SSSR count). The van der Waals surface area contributed by atoms with Gasteiger partial charge in [0.2, 0.25) is 5.91 Å². The van der Waals surface area contributed by atoms with Crippen LogP contribution in [0, 0.1) is 20.8 Å². The normalized spacial score (nSPS) is 15.6. The van der Waals surface area contributed by atoms with Crippen LogP contribution < -0.4 is 5.32 Å². The second-order valence-electron chi connectivity index (χ2n) is 6.22. The van der Waals surface area contributed by atoms with Crippen LogP contribution in [0.3, 0.4) is 0 Å². The van der Waals surface area contributed by atoms with Crippen molar-refractivity contribution in [1.82, 2.24) is 0 Å². The Labute approximate surface area is 126 Å². The van der Waals surface area contributed by atoms with Gasteiger partial charge in [0.05, 0.1) is 5.41 Å². The van der Waals surface area contributed by atoms with E-state index in [2.05, 4.69) is 49.5 Å². The number of benzene rings is 2. The van der Waals surface area contributed by atoms with E-state index in [1.807, 2.05) is 19.1 Å². The molecule has 1 N–H and O–H groups in total. The van der Waals surface area contributed by atoms with Crippen LogP contribution in [0.4, 0.5) is 5.69 Å². The lowest BCUT2D eigenvalue weighted by molar-refractivity contribution is -0.118. The lowest BCUT2D eigenvalue weighted by Gasteiger charge is -2.17. The summed E-state index contributed by atoms with van der Waals surface area (Å²) < 4.78 is 0. The Balaban J connectivity index is 1.83. The number of hydrogen-bond donors (Lipinski definition) is 1. The van der Waals surface area contributed by atoms with Gasteiger partial charge in [-0.1, -0.05) is 47.5 Å². The molecule has 1 saturated carbocycles. The van der Waals surface area contributed by atoms with Crippen molar-refractivity contribution in [2.45, 2.75) is 39.0 Å². The van der Waals surface area contributed by atoms with Crippen LogP contribution in [0.2, 0.25) is 0 Å². The molecular weight excluding hydrogens is 258 g/mol. The maximum absolute atomic E-state index is 12.7. The number of carbonyl (C=O) groups is 1. The first-order valence-electron chi connectivity index (χ1n) is 7.47. The fourth-order valence-electron chi connectivity index (χ4n) is 2.84. The highest BCUT2D eigenvalue weighted by molar-refractivity contribution is 6.01. The first-order valence-corrected chi connectivity index (χ1v) is 7.47. The van der Waals surface area contributed by atoms with Crippen molar-refractivity contribution >= 4 is 11.6 Å². The van der Waals surface area contributed by atoms with Gasteiger partial charge in [0.25, 0.3) is 0 Å². The summed E-state index contributed by atoms with van der Waals surface area (Å²) in [7, 11) is 0. The molecular formula is C19H21NO. The van der Waals surface area contributed by atoms with Gasteiger partial charge in [0.15, 0.2) is 0 Å². The van der Waals surface area contributed by atoms with E-state index in [1.165, 1.54) is 11.1 Å². The van der Waals surface area contributed by atoms with E-state index in [1.54, 1.807) is 0 Å². The molecule has 0 aliphatic heterocycles. The third-order valence-electron chi connectivity index (χ3n) is 4.42. The number of amides is 1. The van der Waals surface area contributed by atoms with Crippen molar-refractivity contribution in [3.63, 3.8) is 0 Å². The zero-order chi connectivity index (χ0) is 15.0. The number of carbonyl (C=O) groups excluding carboxylic acids is 1. The monoisotopic (exact) mass is 279 g/mol. The van der Waals surface area contributed by atoms with Crippen LogP contribution in [0.5, 0.6) is 0 Å². The first-order chi connectivity index (χ1) is 10.0. The molecule has 1 aliphatic rings. The van der Waals surface area contributed by atoms with Crippen LogP contribution >= 0.6 is 0 Å². The molecule has 1 fully saturated rings. The van der Waals surface area contributed by atoms with Crippen molar-refractivity contribution in [3.05, 3.63) is 64.7 Å². The minimum Gasteiger partial charge on any atom is -0.325 e. The number of hydrogen-bond acceptors (Lipinski definition) is 1. The zero-order valence-corrected chi connectivity index (χ0v) is 12.9. The van der Waals surface area contributed by atoms with E-state index >= 15 is 0 Å². The minimum absolute atomic E-state index is 0.123. The summed E-state index contributed by atoms with van der Waals surface area (Å²) >= 11 is 0. The molecule has 0 radical (unpaired) electrons. The molecule has 2 aromatic rings. The second kappa shape index (κ2) is 5.03. The molecule has 21 heavy (non-hydrogen) atoms. The number of aryl methyl sites for hydroxylation is 3. The van der Waals surface area contributed by atoms with Crippen molar-refractivity contribution in [3.8, 4) is 0 Å². The number of anilines is 1. The molecule has 0 atom stereocenters. The van der Waals surface area contributed by atoms with Gasteiger partial charge in [-0.25, -0.2) is 0 Å². The van der Waals surface area contributed by atoms with Gasteiger partial charge in [-0.15, -0.1) is 0 Å². The maximum Gasteiger partial charge on any atom is 0.235 e. The Morgan fingerprint density at radius 2 is 1.57 bits per heavy atom. The van der Waals surface area contributed by atoms with Gasteiger partial charge in [0, 0.05) is 5.69 Å². The Bertz CT molecular complexity index is 681. The highest BCUT2D eigenvalue weighted by Gasteiger charge is 2.51. The highest BCUT2D eigenvalue weighted by Crippen LogP contribution is 2.49. The molecule has 0 heterocycles. The Hall–Kier alpha value is -2.09. The summed E-state index contributed by atoms with van der Waals surface area (Å²) in [6.07, 6.45) is 1.87. The van der Waals surface area contributed by atoms with E-state index < -0.39 is 0 Å². The average Bonchev–Trinajstić information content (AvgIpc) is 3.24. The standard InChI is InChI=1S/C19H21NO/c1-13-4-7-16(8-5-13)19(10-11-19)18(21)20-17-9-6-14(2)12-15(17)3/h4-9,12H,10-11H2,1-3H3,(H,20,21). The van der Waals surface area contributed by atoms with Crippen LogP contribution in [0.25, 0.3) is 0 Å². The van der Waals surface area contributed by atoms with Gasteiger partial charge in [-0.05, 0) is 50.8 Å². The van der Waals surface area contributed by atoms with Gasteiger partial charge in [0.1, 0.15) is 0 Å². The lowest BCUT2D eigenvalue weighted by atomic mass is 9.94. The van der Waals surface area contributed by atoms with E-state index in [9.17, 15) is 4.79 Å². The Morgan fingerprint density at radius 3 is 2.14 bits per heavy atom. The maximum atomic E-state index is 12.7. The predicted molar refractivity (Wildman–Crippen MR) is 86.6 cm³/mol. The van der Waals surface area contributed by atoms with E-state index in [0.29, 0.717) is 0 Å². The number of nitrogens with one attached hydrogen (secondary N) is 1. The van der Waals surface area contributed by atoms with E-state index in [0.717, 1.165) is 29.7 Å². The fraction of sp³-hybridized carbons (Fsp3) is 0.316. The SMILES string of the molecule is Cc1ccc(C2(C(=O)Nc3ccc(C)cc3C)CC2)cc1. The summed E-state index contributed by atoms with van der Waals surface area (Å²) in [6.45, 7) is 6.17. The van der Waals surface area contributed by atoms with Gasteiger partial charge >= 0.3 is 0 Å². The van der Waals surface area contributed by atoms with Crippen LogP contribution in [0.1, 0.15) is 35.1 Å². The van der Waals surface area contributed by atoms with Gasteiger partial charge in [-0.3, -0.25) is 4.79 Å². The van der Waals surface area contributed by atoms with E-state index in [-0.39, 0.29) is 11.3 Å². The summed E-state index contributed by atoms with van der Waals surface area (Å²) in [6, 6.07) is 14.5. The molecule has 0 bridgehead atoms. The molecule has 0 saturated heterocycles. The van der Waals surface area contributed by atoms with E-state index in [4.69, 9.17) is 0 Å². The molecule has 0 unspecified atom stereocenters. The topological polar surface area (TPSA) is 29.1 Å². The zero-order valence-electron chi connectivity index (χ0n) is 12.9. The summed E-state index contributed by atoms with van der Waals surface area (Å²) in [5.41, 5.74) is 5.29. The third-order valence-corrected chi connectivity index (χ3v) is 4.42. The van der Waals surface area contributed by atoms with Crippen LogP contribution in [-0.2, 0) is 10.2 Å². The van der Waals surface area contributed by atoms with Crippen molar-refractivity contribution in [2.24, 2.45) is 0 Å². The van der Waals surface area contributed by atoms with Crippen molar-refractivity contribution in [1.29, 1.82) is 0 Å². The van der Waals surface area contributed by atoms with Crippen LogP contribution in [-0.4, -0.2) is 5.91 Å². The highest BCUT2D eigenvalue weighted by atomic mass is 16.2. The molecule has 2 aromatic carbocycles. The summed E-state index contributed by atoms with van der Waals surface area (Å²) in [5.74, 6) is 0.123. The van der Waals surface area contributed by atoms with Crippen LogP contribution in [0.15, 0.2) is 42.5 Å².